The fourth-order valence-electron chi connectivity index (χ4n) is 2.17. The molecule has 1 saturated carbocycles. The Kier molecular flexibility index (Phi) is 5.36. The van der Waals surface area contributed by atoms with Crippen LogP contribution in [0.25, 0.3) is 0 Å². The van der Waals surface area contributed by atoms with E-state index in [1.54, 1.807) is 6.92 Å². The Bertz CT molecular complexity index is 506. The summed E-state index contributed by atoms with van der Waals surface area (Å²) in [5.74, 6) is 0.446. The first-order valence-electron chi connectivity index (χ1n) is 7.55. The number of carboxylic acid groups (broad SMARTS) is 1. The number of unbranched alkanes of at least 4 members (excludes halogenated alkanes) is 3. The minimum absolute atomic E-state index is 0.211. The van der Waals surface area contributed by atoms with Gasteiger partial charge in [-0.15, -0.1) is 0 Å². The lowest BCUT2D eigenvalue weighted by Gasteiger charge is -2.03. The Morgan fingerprint density at radius 3 is 2.67 bits per heavy atom. The van der Waals surface area contributed by atoms with Crippen molar-refractivity contribution in [2.75, 3.05) is 6.54 Å². The summed E-state index contributed by atoms with van der Waals surface area (Å²) in [4.78, 5) is 26.6. The molecule has 6 nitrogen and oxygen atoms in total. The molecule has 1 amide bonds. The molecule has 1 fully saturated rings. The Balaban J connectivity index is 1.64. The lowest BCUT2D eigenvalue weighted by molar-refractivity contribution is -0.137. The molecule has 21 heavy (non-hydrogen) atoms. The predicted molar refractivity (Wildman–Crippen MR) is 76.3 cm³/mol. The Labute approximate surface area is 123 Å². The van der Waals surface area contributed by atoms with Crippen LogP contribution in [0.3, 0.4) is 0 Å². The highest BCUT2D eigenvalue weighted by atomic mass is 16.4. The Morgan fingerprint density at radius 2 is 2.00 bits per heavy atom. The van der Waals surface area contributed by atoms with Crippen molar-refractivity contribution in [3.8, 4) is 0 Å². The van der Waals surface area contributed by atoms with Crippen molar-refractivity contribution in [1.82, 2.24) is 10.3 Å². The zero-order valence-electron chi connectivity index (χ0n) is 12.4. The summed E-state index contributed by atoms with van der Waals surface area (Å²) in [5, 5.41) is 11.3. The van der Waals surface area contributed by atoms with Crippen molar-refractivity contribution in [2.24, 2.45) is 0 Å². The van der Waals surface area contributed by atoms with E-state index < -0.39 is 5.97 Å². The van der Waals surface area contributed by atoms with Crippen LogP contribution in [0.15, 0.2) is 4.42 Å². The molecule has 1 aliphatic rings. The standard InChI is InChI=1S/C15H22N2O4/c1-10-13(21-15(17-10)11-7-8-11)14(20)16-9-5-3-2-4-6-12(18)19/h11H,2-9H2,1H3,(H,16,20)(H,18,19). The van der Waals surface area contributed by atoms with Gasteiger partial charge >= 0.3 is 5.97 Å². The minimum atomic E-state index is -0.754. The maximum Gasteiger partial charge on any atom is 0.303 e. The van der Waals surface area contributed by atoms with Gasteiger partial charge in [0.2, 0.25) is 5.76 Å². The molecule has 1 aromatic rings. The monoisotopic (exact) mass is 294 g/mol. The van der Waals surface area contributed by atoms with Gasteiger partial charge in [0.1, 0.15) is 0 Å². The van der Waals surface area contributed by atoms with E-state index >= 15 is 0 Å². The molecule has 0 aromatic carbocycles. The van der Waals surface area contributed by atoms with Gasteiger partial charge in [0, 0.05) is 18.9 Å². The van der Waals surface area contributed by atoms with Gasteiger partial charge in [-0.25, -0.2) is 4.98 Å². The highest BCUT2D eigenvalue weighted by Crippen LogP contribution is 2.39. The van der Waals surface area contributed by atoms with E-state index in [0.717, 1.165) is 32.1 Å². The number of carboxylic acids is 1. The van der Waals surface area contributed by atoms with Crippen molar-refractivity contribution in [3.63, 3.8) is 0 Å². The predicted octanol–water partition coefficient (Wildman–Crippen LogP) is 2.63. The van der Waals surface area contributed by atoms with Crippen LogP contribution in [-0.2, 0) is 4.79 Å². The summed E-state index contributed by atoms with van der Waals surface area (Å²) in [6.07, 6.45) is 5.72. The molecule has 6 heteroatoms. The Morgan fingerprint density at radius 1 is 1.29 bits per heavy atom. The number of carbonyl (C=O) groups excluding carboxylic acids is 1. The smallest absolute Gasteiger partial charge is 0.303 e. The van der Waals surface area contributed by atoms with E-state index in [2.05, 4.69) is 10.3 Å². The fourth-order valence-corrected chi connectivity index (χ4v) is 2.17. The number of aryl methyl sites for hydroxylation is 1. The van der Waals surface area contributed by atoms with Crippen LogP contribution in [-0.4, -0.2) is 28.5 Å². The molecule has 1 heterocycles. The number of nitrogens with one attached hydrogen (secondary N) is 1. The van der Waals surface area contributed by atoms with Crippen LogP contribution >= 0.6 is 0 Å². The fraction of sp³-hybridized carbons (Fsp3) is 0.667. The number of hydrogen-bond acceptors (Lipinski definition) is 4. The van der Waals surface area contributed by atoms with E-state index in [0.29, 0.717) is 36.2 Å². The van der Waals surface area contributed by atoms with E-state index in [9.17, 15) is 9.59 Å². The lowest BCUT2D eigenvalue weighted by Crippen LogP contribution is -2.24. The third-order valence-corrected chi connectivity index (χ3v) is 3.55. The zero-order valence-corrected chi connectivity index (χ0v) is 12.4. The summed E-state index contributed by atoms with van der Waals surface area (Å²) in [7, 11) is 0. The van der Waals surface area contributed by atoms with Crippen molar-refractivity contribution in [2.45, 2.75) is 57.8 Å². The highest BCUT2D eigenvalue weighted by molar-refractivity contribution is 5.92. The van der Waals surface area contributed by atoms with Crippen molar-refractivity contribution in [1.29, 1.82) is 0 Å². The molecule has 0 bridgehead atoms. The van der Waals surface area contributed by atoms with Gasteiger partial charge in [0.25, 0.3) is 5.91 Å². The molecule has 0 saturated heterocycles. The summed E-state index contributed by atoms with van der Waals surface area (Å²) in [6, 6.07) is 0. The van der Waals surface area contributed by atoms with E-state index in [1.165, 1.54) is 0 Å². The lowest BCUT2D eigenvalue weighted by atomic mass is 10.1. The molecule has 0 radical (unpaired) electrons. The van der Waals surface area contributed by atoms with Gasteiger partial charge in [-0.2, -0.15) is 0 Å². The summed E-state index contributed by atoms with van der Waals surface area (Å²) in [6.45, 7) is 2.36. The zero-order chi connectivity index (χ0) is 15.2. The molecule has 2 rings (SSSR count). The number of amides is 1. The molecule has 0 spiro atoms. The first-order valence-corrected chi connectivity index (χ1v) is 7.55. The van der Waals surface area contributed by atoms with Crippen LogP contribution in [0.5, 0.6) is 0 Å². The maximum atomic E-state index is 12.0. The first kappa shape index (κ1) is 15.5. The maximum absolute atomic E-state index is 12.0. The van der Waals surface area contributed by atoms with E-state index in [1.807, 2.05) is 0 Å². The third kappa shape index (κ3) is 4.88. The van der Waals surface area contributed by atoms with E-state index in [-0.39, 0.29) is 12.3 Å². The number of nitrogens with zero attached hydrogens (tertiary/aromatic N) is 1. The molecule has 1 aliphatic carbocycles. The average Bonchev–Trinajstić information content (AvgIpc) is 3.20. The van der Waals surface area contributed by atoms with Crippen LogP contribution in [0, 0.1) is 6.92 Å². The molecule has 0 atom stereocenters. The molecular weight excluding hydrogens is 272 g/mol. The quantitative estimate of drug-likeness (QED) is 0.683. The van der Waals surface area contributed by atoms with Crippen molar-refractivity contribution < 1.29 is 19.1 Å². The number of aliphatic carboxylic acids is 1. The number of rotatable bonds is 9. The van der Waals surface area contributed by atoms with Crippen LogP contribution < -0.4 is 5.32 Å². The molecule has 2 N–H and O–H groups in total. The van der Waals surface area contributed by atoms with Crippen molar-refractivity contribution >= 4 is 11.9 Å². The number of hydrogen-bond donors (Lipinski definition) is 2. The molecule has 116 valence electrons. The van der Waals surface area contributed by atoms with E-state index in [4.69, 9.17) is 9.52 Å². The first-order chi connectivity index (χ1) is 10.1. The molecule has 0 unspecified atom stereocenters. The number of aromatic nitrogens is 1. The van der Waals surface area contributed by atoms with Crippen molar-refractivity contribution in [3.05, 3.63) is 17.3 Å². The summed E-state index contributed by atoms with van der Waals surface area (Å²) >= 11 is 0. The van der Waals surface area contributed by atoms with Crippen LogP contribution in [0.2, 0.25) is 0 Å². The minimum Gasteiger partial charge on any atom is -0.481 e. The second-order valence-corrected chi connectivity index (χ2v) is 5.55. The second-order valence-electron chi connectivity index (χ2n) is 5.55. The van der Waals surface area contributed by atoms with Gasteiger partial charge in [0.05, 0.1) is 5.69 Å². The van der Waals surface area contributed by atoms with Gasteiger partial charge < -0.3 is 14.8 Å². The number of carbonyl (C=O) groups is 2. The largest absolute Gasteiger partial charge is 0.481 e. The van der Waals surface area contributed by atoms with Crippen LogP contribution in [0.4, 0.5) is 0 Å². The SMILES string of the molecule is Cc1nc(C2CC2)oc1C(=O)NCCCCCCC(=O)O. The van der Waals surface area contributed by atoms with Gasteiger partial charge in [-0.05, 0) is 32.6 Å². The second kappa shape index (κ2) is 7.24. The summed E-state index contributed by atoms with van der Waals surface area (Å²) in [5.41, 5.74) is 0.649. The third-order valence-electron chi connectivity index (χ3n) is 3.55. The number of oxazole rings is 1. The molecular formula is C15H22N2O4. The molecule has 0 aliphatic heterocycles. The van der Waals surface area contributed by atoms with Gasteiger partial charge in [-0.3, -0.25) is 9.59 Å². The average molecular weight is 294 g/mol. The van der Waals surface area contributed by atoms with Crippen LogP contribution in [0.1, 0.15) is 73.0 Å². The Hall–Kier alpha value is -1.85. The topological polar surface area (TPSA) is 92.4 Å². The summed E-state index contributed by atoms with van der Waals surface area (Å²) < 4.78 is 5.53. The highest BCUT2D eigenvalue weighted by Gasteiger charge is 2.30. The van der Waals surface area contributed by atoms with Gasteiger partial charge in [-0.1, -0.05) is 12.8 Å². The normalized spacial score (nSPS) is 14.1. The van der Waals surface area contributed by atoms with Gasteiger partial charge in [0.15, 0.2) is 5.89 Å². The molecule has 1 aromatic heterocycles.